The molecule has 7 nitrogen and oxygen atoms in total. The van der Waals surface area contributed by atoms with E-state index in [-0.39, 0.29) is 18.9 Å². The lowest BCUT2D eigenvalue weighted by Crippen LogP contribution is -2.57. The van der Waals surface area contributed by atoms with Crippen molar-refractivity contribution in [1.82, 2.24) is 15.2 Å². The van der Waals surface area contributed by atoms with Crippen LogP contribution in [0.4, 0.5) is 0 Å². The van der Waals surface area contributed by atoms with Crippen LogP contribution in [-0.2, 0) is 20.8 Å². The summed E-state index contributed by atoms with van der Waals surface area (Å²) >= 11 is 1.36. The van der Waals surface area contributed by atoms with Crippen LogP contribution in [0.3, 0.4) is 0 Å². The Hall–Kier alpha value is -3.36. The van der Waals surface area contributed by atoms with Gasteiger partial charge in [-0.25, -0.2) is 4.98 Å². The summed E-state index contributed by atoms with van der Waals surface area (Å²) in [5.41, 5.74) is -0.827. The molecule has 2 aliphatic heterocycles. The van der Waals surface area contributed by atoms with E-state index in [4.69, 9.17) is 0 Å². The summed E-state index contributed by atoms with van der Waals surface area (Å²) in [5, 5.41) is 18.3. The van der Waals surface area contributed by atoms with Crippen molar-refractivity contribution in [2.45, 2.75) is 50.6 Å². The van der Waals surface area contributed by atoms with Gasteiger partial charge in [-0.1, -0.05) is 74.4 Å². The lowest BCUT2D eigenvalue weighted by atomic mass is 9.76. The molecule has 1 aromatic heterocycles. The van der Waals surface area contributed by atoms with Gasteiger partial charge < -0.3 is 5.11 Å². The molecule has 2 fully saturated rings. The number of aliphatic carboxylic acids is 1. The number of unbranched alkanes of at least 4 members (excludes halogenated alkanes) is 2. The van der Waals surface area contributed by atoms with E-state index < -0.39 is 35.3 Å². The first-order chi connectivity index (χ1) is 18.0. The molecular weight excluding hydrogens is 486 g/mol. The molecule has 0 spiro atoms. The number of nitrogens with zero attached hydrogens (tertiary/aromatic N) is 2. The molecule has 0 saturated carbocycles. The number of carboxylic acid groups (broad SMARTS) is 1. The summed E-state index contributed by atoms with van der Waals surface area (Å²) in [7, 11) is 0. The number of aromatic nitrogens is 1. The molecule has 0 radical (unpaired) electrons. The van der Waals surface area contributed by atoms with Crippen molar-refractivity contribution in [2.75, 3.05) is 6.54 Å². The van der Waals surface area contributed by atoms with Crippen molar-refractivity contribution < 1.29 is 19.5 Å². The number of hydrogen-bond acceptors (Lipinski definition) is 6. The Morgan fingerprint density at radius 2 is 1.92 bits per heavy atom. The monoisotopic (exact) mass is 517 g/mol. The molecule has 37 heavy (non-hydrogen) atoms. The van der Waals surface area contributed by atoms with Gasteiger partial charge >= 0.3 is 5.97 Å². The zero-order valence-corrected chi connectivity index (χ0v) is 21.6. The second kappa shape index (κ2) is 10.6. The number of benzene rings is 2. The van der Waals surface area contributed by atoms with Crippen LogP contribution < -0.4 is 5.32 Å². The molecule has 2 aliphatic rings. The van der Waals surface area contributed by atoms with Crippen molar-refractivity contribution in [2.24, 2.45) is 11.8 Å². The third kappa shape index (κ3) is 4.60. The number of carboxylic acids is 1. The molecule has 2 N–H and O–H groups in total. The molecule has 0 aliphatic carbocycles. The van der Waals surface area contributed by atoms with Crippen LogP contribution in [0, 0.1) is 11.8 Å². The lowest BCUT2D eigenvalue weighted by Gasteiger charge is -2.31. The standard InChI is InChI=1S/C29H31N3O4S/c1-2-3-4-5-6-9-15-32-26(33)22-23(27(32)34)29(28(35)36,31-24(22)25-30-14-16-37-25)18-19-12-13-20-10-7-8-11-21(20)17-19/h5-8,10-14,16-17,22-24,31H,2-4,9,15,18H2,1H3,(H,35,36). The van der Waals surface area contributed by atoms with Crippen LogP contribution in [0.5, 0.6) is 0 Å². The Morgan fingerprint density at radius 3 is 2.65 bits per heavy atom. The first kappa shape index (κ1) is 25.3. The van der Waals surface area contributed by atoms with E-state index in [1.54, 1.807) is 11.6 Å². The Labute approximate surface area is 220 Å². The maximum Gasteiger partial charge on any atom is 0.325 e. The summed E-state index contributed by atoms with van der Waals surface area (Å²) in [6, 6.07) is 13.1. The minimum Gasteiger partial charge on any atom is -0.480 e. The lowest BCUT2D eigenvalue weighted by molar-refractivity contribution is -0.151. The van der Waals surface area contributed by atoms with Crippen LogP contribution in [0.15, 0.2) is 66.2 Å². The topological polar surface area (TPSA) is 99.6 Å². The predicted octanol–water partition coefficient (Wildman–Crippen LogP) is 4.74. The van der Waals surface area contributed by atoms with E-state index in [2.05, 4.69) is 23.3 Å². The normalized spacial score (nSPS) is 25.4. The van der Waals surface area contributed by atoms with E-state index in [0.717, 1.165) is 35.6 Å². The maximum absolute atomic E-state index is 13.8. The highest BCUT2D eigenvalue weighted by atomic mass is 32.1. The maximum atomic E-state index is 13.8. The fourth-order valence-corrected chi connectivity index (χ4v) is 6.48. The molecule has 2 aromatic carbocycles. The van der Waals surface area contributed by atoms with Crippen molar-refractivity contribution in [1.29, 1.82) is 0 Å². The molecule has 192 valence electrons. The van der Waals surface area contributed by atoms with Gasteiger partial charge in [-0.05, 0) is 29.2 Å². The number of amides is 2. The van der Waals surface area contributed by atoms with Gasteiger partial charge in [0.1, 0.15) is 10.5 Å². The van der Waals surface area contributed by atoms with Crippen LogP contribution >= 0.6 is 11.3 Å². The number of likely N-dealkylation sites (tertiary alicyclic amines) is 1. The van der Waals surface area contributed by atoms with Gasteiger partial charge in [0, 0.05) is 24.5 Å². The molecule has 8 heteroatoms. The van der Waals surface area contributed by atoms with E-state index in [1.165, 1.54) is 16.2 Å². The van der Waals surface area contributed by atoms with Crippen molar-refractivity contribution in [3.05, 3.63) is 76.8 Å². The van der Waals surface area contributed by atoms with Crippen LogP contribution in [0.1, 0.15) is 49.2 Å². The Morgan fingerprint density at radius 1 is 1.14 bits per heavy atom. The highest BCUT2D eigenvalue weighted by molar-refractivity contribution is 7.09. The molecule has 0 bridgehead atoms. The van der Waals surface area contributed by atoms with E-state index >= 15 is 0 Å². The summed E-state index contributed by atoms with van der Waals surface area (Å²) in [6.07, 6.45) is 9.53. The smallest absolute Gasteiger partial charge is 0.325 e. The highest BCUT2D eigenvalue weighted by Gasteiger charge is 2.68. The van der Waals surface area contributed by atoms with Gasteiger partial charge in [-0.15, -0.1) is 11.3 Å². The minimum absolute atomic E-state index is 0.0833. The molecule has 2 amide bonds. The van der Waals surface area contributed by atoms with Crippen LogP contribution in [0.2, 0.25) is 0 Å². The number of carbonyl (C=O) groups excluding carboxylic acids is 2. The molecule has 4 atom stereocenters. The van der Waals surface area contributed by atoms with Gasteiger partial charge in [-0.3, -0.25) is 24.6 Å². The molecule has 3 heterocycles. The Bertz CT molecular complexity index is 1340. The second-order valence-corrected chi connectivity index (χ2v) is 10.8. The third-order valence-electron chi connectivity index (χ3n) is 7.55. The summed E-state index contributed by atoms with van der Waals surface area (Å²) in [5.74, 6) is -3.67. The van der Waals surface area contributed by atoms with Crippen molar-refractivity contribution >= 4 is 39.9 Å². The highest BCUT2D eigenvalue weighted by Crippen LogP contribution is 2.50. The number of thiazole rings is 1. The van der Waals surface area contributed by atoms with Crippen molar-refractivity contribution in [3.8, 4) is 0 Å². The minimum atomic E-state index is -1.62. The number of nitrogens with one attached hydrogen (secondary N) is 1. The number of imide groups is 1. The zero-order chi connectivity index (χ0) is 26.0. The van der Waals surface area contributed by atoms with Gasteiger partial charge in [0.05, 0.1) is 17.9 Å². The summed E-state index contributed by atoms with van der Waals surface area (Å²) in [4.78, 5) is 46.1. The second-order valence-electron chi connectivity index (χ2n) is 9.86. The molecule has 2 saturated heterocycles. The molecule has 4 unspecified atom stereocenters. The van der Waals surface area contributed by atoms with E-state index in [1.807, 2.05) is 48.5 Å². The first-order valence-corrected chi connectivity index (χ1v) is 13.7. The quantitative estimate of drug-likeness (QED) is 0.229. The number of rotatable bonds is 10. The summed E-state index contributed by atoms with van der Waals surface area (Å²) < 4.78 is 0. The van der Waals surface area contributed by atoms with Crippen molar-refractivity contribution in [3.63, 3.8) is 0 Å². The number of fused-ring (bicyclic) bond motifs is 2. The fourth-order valence-electron chi connectivity index (χ4n) is 5.75. The Balaban J connectivity index is 1.49. The number of carbonyl (C=O) groups is 3. The average Bonchev–Trinajstić information content (AvgIpc) is 3.60. The molecule has 5 rings (SSSR count). The Kier molecular flexibility index (Phi) is 7.22. The summed E-state index contributed by atoms with van der Waals surface area (Å²) in [6.45, 7) is 2.39. The number of allylic oxidation sites excluding steroid dienone is 1. The third-order valence-corrected chi connectivity index (χ3v) is 8.41. The average molecular weight is 518 g/mol. The largest absolute Gasteiger partial charge is 0.480 e. The first-order valence-electron chi connectivity index (χ1n) is 12.8. The van der Waals surface area contributed by atoms with Gasteiger partial charge in [0.15, 0.2) is 0 Å². The van der Waals surface area contributed by atoms with Gasteiger partial charge in [0.25, 0.3) is 0 Å². The fraction of sp³-hybridized carbons (Fsp3) is 0.379. The van der Waals surface area contributed by atoms with Crippen LogP contribution in [-0.4, -0.2) is 44.9 Å². The SMILES string of the molecule is CCCCC=CCCN1C(=O)C2C(c3nccs3)NC(Cc3ccc4ccccc4c3)(C(=O)O)C2C1=O. The molecule has 3 aromatic rings. The zero-order valence-electron chi connectivity index (χ0n) is 20.8. The van der Waals surface area contributed by atoms with E-state index in [0.29, 0.717) is 11.4 Å². The van der Waals surface area contributed by atoms with Crippen LogP contribution in [0.25, 0.3) is 10.8 Å². The van der Waals surface area contributed by atoms with E-state index in [9.17, 15) is 19.5 Å². The van der Waals surface area contributed by atoms with Gasteiger partial charge in [-0.2, -0.15) is 0 Å². The van der Waals surface area contributed by atoms with Gasteiger partial charge in [0.2, 0.25) is 11.8 Å². The molecular formula is C29H31N3O4S. The predicted molar refractivity (Wildman–Crippen MR) is 143 cm³/mol. The number of hydrogen-bond donors (Lipinski definition) is 2.